The molecule has 0 unspecified atom stereocenters. The molecule has 3 aromatic rings. The van der Waals surface area contributed by atoms with Crippen molar-refractivity contribution in [3.63, 3.8) is 0 Å². The van der Waals surface area contributed by atoms with Gasteiger partial charge in [-0.15, -0.1) is 11.3 Å². The van der Waals surface area contributed by atoms with E-state index in [0.717, 1.165) is 21.2 Å². The Bertz CT molecular complexity index is 1040. The van der Waals surface area contributed by atoms with Crippen LogP contribution in [0.4, 0.5) is 5.69 Å². The van der Waals surface area contributed by atoms with Crippen LogP contribution >= 0.6 is 11.3 Å². The van der Waals surface area contributed by atoms with Gasteiger partial charge in [-0.1, -0.05) is 24.3 Å². The van der Waals surface area contributed by atoms with Gasteiger partial charge in [-0.05, 0) is 31.2 Å². The predicted molar refractivity (Wildman–Crippen MR) is 103 cm³/mol. The van der Waals surface area contributed by atoms with Crippen LogP contribution in [0.2, 0.25) is 0 Å². The average Bonchev–Trinajstić information content (AvgIpc) is 3.20. The van der Waals surface area contributed by atoms with Gasteiger partial charge in [0.15, 0.2) is 0 Å². The Morgan fingerprint density at radius 1 is 1.07 bits per heavy atom. The average molecular weight is 377 g/mol. The molecule has 134 valence electrons. The van der Waals surface area contributed by atoms with E-state index in [1.165, 1.54) is 0 Å². The molecule has 1 aromatic heterocycles. The van der Waals surface area contributed by atoms with Crippen LogP contribution in [-0.4, -0.2) is 34.2 Å². The summed E-state index contributed by atoms with van der Waals surface area (Å²) in [6.07, 6.45) is 0. The lowest BCUT2D eigenvalue weighted by Gasteiger charge is -2.14. The highest BCUT2D eigenvalue weighted by Crippen LogP contribution is 2.25. The molecule has 2 heterocycles. The van der Waals surface area contributed by atoms with E-state index in [9.17, 15) is 14.4 Å². The van der Waals surface area contributed by atoms with Gasteiger partial charge in [-0.3, -0.25) is 19.3 Å². The van der Waals surface area contributed by atoms with Crippen molar-refractivity contribution in [3.8, 4) is 11.3 Å². The third-order valence-corrected chi connectivity index (χ3v) is 5.01. The fraction of sp³-hybridized carbons (Fsp3) is 0.100. The molecule has 27 heavy (non-hydrogen) atoms. The van der Waals surface area contributed by atoms with Crippen molar-refractivity contribution in [2.24, 2.45) is 0 Å². The van der Waals surface area contributed by atoms with Crippen LogP contribution in [0.15, 0.2) is 53.9 Å². The second-order valence-corrected chi connectivity index (χ2v) is 7.19. The van der Waals surface area contributed by atoms with Crippen LogP contribution in [0.3, 0.4) is 0 Å². The summed E-state index contributed by atoms with van der Waals surface area (Å²) in [5.74, 6) is -1.33. The minimum absolute atomic E-state index is 0.327. The number of thiazole rings is 1. The number of amides is 3. The molecule has 0 fully saturated rings. The lowest BCUT2D eigenvalue weighted by Crippen LogP contribution is -2.37. The number of nitrogens with zero attached hydrogens (tertiary/aromatic N) is 2. The van der Waals surface area contributed by atoms with Gasteiger partial charge in [0.1, 0.15) is 6.54 Å². The Morgan fingerprint density at radius 3 is 2.41 bits per heavy atom. The number of hydrogen-bond donors (Lipinski definition) is 1. The third kappa shape index (κ3) is 3.24. The SMILES string of the molecule is Cc1nc(-c2cccc(NC(=O)CN3C(=O)c4ccccc4C3=O)c2)cs1. The molecule has 2 aromatic carbocycles. The fourth-order valence-corrected chi connectivity index (χ4v) is 3.60. The van der Waals surface area contributed by atoms with Gasteiger partial charge in [0.25, 0.3) is 11.8 Å². The monoisotopic (exact) mass is 377 g/mol. The third-order valence-electron chi connectivity index (χ3n) is 4.24. The molecule has 0 saturated carbocycles. The zero-order valence-electron chi connectivity index (χ0n) is 14.4. The second-order valence-electron chi connectivity index (χ2n) is 6.12. The maximum atomic E-state index is 12.4. The van der Waals surface area contributed by atoms with E-state index in [2.05, 4.69) is 10.3 Å². The largest absolute Gasteiger partial charge is 0.325 e. The van der Waals surface area contributed by atoms with Crippen LogP contribution < -0.4 is 5.32 Å². The maximum absolute atomic E-state index is 12.4. The normalized spacial score (nSPS) is 13.0. The zero-order chi connectivity index (χ0) is 19.0. The first-order valence-electron chi connectivity index (χ1n) is 8.30. The predicted octanol–water partition coefficient (Wildman–Crippen LogP) is 3.35. The summed E-state index contributed by atoms with van der Waals surface area (Å²) < 4.78 is 0. The first-order chi connectivity index (χ1) is 13.0. The number of carbonyl (C=O) groups is 3. The van der Waals surface area contributed by atoms with E-state index in [1.54, 1.807) is 41.7 Å². The molecule has 0 saturated heterocycles. The number of aryl methyl sites for hydroxylation is 1. The number of rotatable bonds is 4. The van der Waals surface area contributed by atoms with Gasteiger partial charge in [-0.2, -0.15) is 0 Å². The zero-order valence-corrected chi connectivity index (χ0v) is 15.2. The fourth-order valence-electron chi connectivity index (χ4n) is 2.98. The highest BCUT2D eigenvalue weighted by atomic mass is 32.1. The Morgan fingerprint density at radius 2 is 1.78 bits per heavy atom. The minimum Gasteiger partial charge on any atom is -0.325 e. The van der Waals surface area contributed by atoms with Crippen LogP contribution in [0.25, 0.3) is 11.3 Å². The van der Waals surface area contributed by atoms with Crippen LogP contribution in [0, 0.1) is 6.92 Å². The Hall–Kier alpha value is -3.32. The van der Waals surface area contributed by atoms with E-state index in [0.29, 0.717) is 16.8 Å². The number of carbonyl (C=O) groups excluding carboxylic acids is 3. The van der Waals surface area contributed by atoms with Crippen molar-refractivity contribution in [2.45, 2.75) is 6.92 Å². The molecule has 0 atom stereocenters. The van der Waals surface area contributed by atoms with Gasteiger partial charge < -0.3 is 5.32 Å². The van der Waals surface area contributed by atoms with E-state index in [-0.39, 0.29) is 6.54 Å². The number of hydrogen-bond acceptors (Lipinski definition) is 5. The minimum atomic E-state index is -0.447. The summed E-state index contributed by atoms with van der Waals surface area (Å²) in [4.78, 5) is 42.5. The first kappa shape index (κ1) is 17.1. The van der Waals surface area contributed by atoms with Crippen molar-refractivity contribution in [3.05, 3.63) is 70.0 Å². The summed E-state index contributed by atoms with van der Waals surface area (Å²) in [5.41, 5.74) is 2.97. The summed E-state index contributed by atoms with van der Waals surface area (Å²) in [7, 11) is 0. The Kier molecular flexibility index (Phi) is 4.29. The molecule has 4 rings (SSSR count). The van der Waals surface area contributed by atoms with E-state index in [4.69, 9.17) is 0 Å². The van der Waals surface area contributed by atoms with E-state index in [1.807, 2.05) is 30.5 Å². The number of fused-ring (bicyclic) bond motifs is 1. The van der Waals surface area contributed by atoms with Crippen LogP contribution in [0.1, 0.15) is 25.7 Å². The summed E-state index contributed by atoms with van der Waals surface area (Å²) in [6, 6.07) is 13.9. The number of benzene rings is 2. The molecule has 3 amide bonds. The van der Waals surface area contributed by atoms with E-state index < -0.39 is 17.7 Å². The van der Waals surface area contributed by atoms with Gasteiger partial charge in [0.2, 0.25) is 5.91 Å². The first-order valence-corrected chi connectivity index (χ1v) is 9.18. The van der Waals surface area contributed by atoms with Gasteiger partial charge >= 0.3 is 0 Å². The van der Waals surface area contributed by atoms with Crippen molar-refractivity contribution in [1.29, 1.82) is 0 Å². The molecule has 0 bridgehead atoms. The van der Waals surface area contributed by atoms with Gasteiger partial charge in [0.05, 0.1) is 21.8 Å². The van der Waals surface area contributed by atoms with Gasteiger partial charge in [0, 0.05) is 16.6 Å². The Labute approximate surface area is 159 Å². The summed E-state index contributed by atoms with van der Waals surface area (Å²) in [6.45, 7) is 1.61. The van der Waals surface area contributed by atoms with Crippen molar-refractivity contribution >= 4 is 34.7 Å². The van der Waals surface area contributed by atoms with Gasteiger partial charge in [-0.25, -0.2) is 4.98 Å². The van der Waals surface area contributed by atoms with E-state index >= 15 is 0 Å². The number of aromatic nitrogens is 1. The molecule has 0 spiro atoms. The molecular formula is C20H15N3O3S. The lowest BCUT2D eigenvalue weighted by molar-refractivity contribution is -0.116. The number of imide groups is 1. The highest BCUT2D eigenvalue weighted by molar-refractivity contribution is 7.09. The van der Waals surface area contributed by atoms with Crippen LogP contribution in [-0.2, 0) is 4.79 Å². The summed E-state index contributed by atoms with van der Waals surface area (Å²) >= 11 is 1.55. The molecule has 1 aliphatic heterocycles. The molecule has 7 heteroatoms. The highest BCUT2D eigenvalue weighted by Gasteiger charge is 2.36. The quantitative estimate of drug-likeness (QED) is 0.707. The smallest absolute Gasteiger partial charge is 0.262 e. The second kappa shape index (κ2) is 6.77. The molecule has 0 aliphatic carbocycles. The van der Waals surface area contributed by atoms with Crippen molar-refractivity contribution in [1.82, 2.24) is 9.88 Å². The number of nitrogens with one attached hydrogen (secondary N) is 1. The molecule has 1 N–H and O–H groups in total. The number of anilines is 1. The standard InChI is InChI=1S/C20H15N3O3S/c1-12-21-17(11-27-12)13-5-4-6-14(9-13)22-18(24)10-23-19(25)15-7-2-3-8-16(15)20(23)26/h2-9,11H,10H2,1H3,(H,22,24). The molecule has 6 nitrogen and oxygen atoms in total. The molecule has 0 radical (unpaired) electrons. The van der Waals surface area contributed by atoms with Crippen molar-refractivity contribution in [2.75, 3.05) is 11.9 Å². The van der Waals surface area contributed by atoms with Crippen molar-refractivity contribution < 1.29 is 14.4 Å². The molecular weight excluding hydrogens is 362 g/mol. The summed E-state index contributed by atoms with van der Waals surface area (Å²) in [5, 5.41) is 5.66. The van der Waals surface area contributed by atoms with Crippen LogP contribution in [0.5, 0.6) is 0 Å². The Balaban J connectivity index is 1.48. The molecule has 1 aliphatic rings. The lowest BCUT2D eigenvalue weighted by atomic mass is 10.1. The maximum Gasteiger partial charge on any atom is 0.262 e. The topological polar surface area (TPSA) is 79.4 Å².